The number of anilines is 2. The molecule has 0 spiro atoms. The maximum atomic E-state index is 12.0. The van der Waals surface area contributed by atoms with E-state index in [1.165, 1.54) is 12.1 Å². The van der Waals surface area contributed by atoms with E-state index < -0.39 is 5.91 Å². The molecular weight excluding hydrogens is 260 g/mol. The lowest BCUT2D eigenvalue weighted by molar-refractivity contribution is 0.0998. The summed E-state index contributed by atoms with van der Waals surface area (Å²) in [6.07, 6.45) is 0. The number of amides is 1. The number of benzene rings is 1. The van der Waals surface area contributed by atoms with Crippen molar-refractivity contribution in [3.63, 3.8) is 0 Å². The third kappa shape index (κ3) is 2.24. The molecule has 0 bridgehead atoms. The topological polar surface area (TPSA) is 114 Å². The van der Waals surface area contributed by atoms with Gasteiger partial charge in [-0.3, -0.25) is 9.59 Å². The van der Waals surface area contributed by atoms with Gasteiger partial charge in [0.15, 0.2) is 11.6 Å². The van der Waals surface area contributed by atoms with Gasteiger partial charge >= 0.3 is 0 Å². The minimum Gasteiger partial charge on any atom is -0.451 e. The quantitative estimate of drug-likeness (QED) is 0.608. The highest BCUT2D eigenvalue weighted by atomic mass is 16.3. The summed E-state index contributed by atoms with van der Waals surface area (Å²) >= 11 is 0. The molecule has 7 nitrogen and oxygen atoms in total. The van der Waals surface area contributed by atoms with Crippen molar-refractivity contribution >= 4 is 28.4 Å². The number of furan rings is 1. The lowest BCUT2D eigenvalue weighted by atomic mass is 10.2. The number of hydrogen-bond acceptors (Lipinski definition) is 5. The van der Waals surface area contributed by atoms with Gasteiger partial charge in [0.1, 0.15) is 5.58 Å². The normalized spacial score (nSPS) is 10.6. The van der Waals surface area contributed by atoms with Gasteiger partial charge in [-0.25, -0.2) is 5.10 Å². The van der Waals surface area contributed by atoms with Crippen LogP contribution in [0.25, 0.3) is 11.0 Å². The first-order valence-electron chi connectivity index (χ1n) is 5.78. The maximum absolute atomic E-state index is 12.0. The van der Waals surface area contributed by atoms with Crippen LogP contribution in [-0.4, -0.2) is 16.1 Å². The van der Waals surface area contributed by atoms with Crippen LogP contribution < -0.4 is 16.6 Å². The molecule has 3 aromatic rings. The van der Waals surface area contributed by atoms with Crippen LogP contribution in [0.15, 0.2) is 45.6 Å². The minimum atomic E-state index is -0.459. The van der Waals surface area contributed by atoms with Crippen molar-refractivity contribution < 1.29 is 9.21 Å². The van der Waals surface area contributed by atoms with E-state index in [9.17, 15) is 9.59 Å². The van der Waals surface area contributed by atoms with Crippen LogP contribution in [0.3, 0.4) is 0 Å². The first kappa shape index (κ1) is 12.0. The molecule has 2 aromatic heterocycles. The van der Waals surface area contributed by atoms with E-state index >= 15 is 0 Å². The summed E-state index contributed by atoms with van der Waals surface area (Å²) < 4.78 is 5.41. The molecule has 4 N–H and O–H groups in total. The van der Waals surface area contributed by atoms with Crippen LogP contribution in [0.4, 0.5) is 11.5 Å². The number of aromatic amines is 1. The summed E-state index contributed by atoms with van der Waals surface area (Å²) in [5.74, 6) is -0.0903. The van der Waals surface area contributed by atoms with Gasteiger partial charge in [0.2, 0.25) is 0 Å². The number of rotatable bonds is 2. The second kappa shape index (κ2) is 4.54. The number of aromatic nitrogens is 2. The Kier molecular flexibility index (Phi) is 2.72. The fourth-order valence-electron chi connectivity index (χ4n) is 1.77. The molecule has 0 saturated heterocycles. The van der Waals surface area contributed by atoms with Crippen molar-refractivity contribution in [2.75, 3.05) is 11.1 Å². The Balaban J connectivity index is 1.88. The molecular formula is C13H10N4O3. The van der Waals surface area contributed by atoms with Crippen LogP contribution in [0.1, 0.15) is 10.6 Å². The van der Waals surface area contributed by atoms with Gasteiger partial charge in [0.05, 0.1) is 0 Å². The maximum Gasteiger partial charge on any atom is 0.292 e. The molecule has 100 valence electrons. The van der Waals surface area contributed by atoms with Gasteiger partial charge in [-0.2, -0.15) is 5.10 Å². The first-order valence-corrected chi connectivity index (χ1v) is 5.78. The second-order valence-electron chi connectivity index (χ2n) is 4.17. The number of nitrogens with two attached hydrogens (primary N) is 1. The molecule has 2 heterocycles. The molecule has 0 atom stereocenters. The summed E-state index contributed by atoms with van der Waals surface area (Å²) in [7, 11) is 0. The summed E-state index contributed by atoms with van der Waals surface area (Å²) in [5, 5.41) is 9.16. The van der Waals surface area contributed by atoms with Gasteiger partial charge in [-0.05, 0) is 30.3 Å². The molecule has 0 radical (unpaired) electrons. The van der Waals surface area contributed by atoms with Crippen molar-refractivity contribution in [1.82, 2.24) is 10.2 Å². The number of carbonyl (C=O) groups excluding carboxylic acids is 1. The third-order valence-corrected chi connectivity index (χ3v) is 2.68. The van der Waals surface area contributed by atoms with Gasteiger partial charge < -0.3 is 15.5 Å². The predicted octanol–water partition coefficient (Wildman–Crippen LogP) is 1.35. The van der Waals surface area contributed by atoms with E-state index in [0.29, 0.717) is 11.3 Å². The van der Waals surface area contributed by atoms with Gasteiger partial charge in [-0.15, -0.1) is 0 Å². The lowest BCUT2D eigenvalue weighted by Gasteiger charge is -1.99. The van der Waals surface area contributed by atoms with E-state index in [-0.39, 0.29) is 17.1 Å². The SMILES string of the molecule is Nc1ccc2oc(C(=O)Nc3ccc(=O)[nH]n3)cc2c1. The van der Waals surface area contributed by atoms with Crippen LogP contribution >= 0.6 is 0 Å². The third-order valence-electron chi connectivity index (χ3n) is 2.68. The second-order valence-corrected chi connectivity index (χ2v) is 4.17. The zero-order chi connectivity index (χ0) is 14.1. The Labute approximate surface area is 112 Å². The number of fused-ring (bicyclic) bond motifs is 1. The summed E-state index contributed by atoms with van der Waals surface area (Å²) in [6.45, 7) is 0. The van der Waals surface area contributed by atoms with Crippen molar-refractivity contribution in [2.24, 2.45) is 0 Å². The number of nitrogens with zero attached hydrogens (tertiary/aromatic N) is 1. The molecule has 0 saturated carbocycles. The Morgan fingerprint density at radius 2 is 2.10 bits per heavy atom. The van der Waals surface area contributed by atoms with Gasteiger partial charge in [-0.1, -0.05) is 0 Å². The molecule has 0 aliphatic rings. The monoisotopic (exact) mass is 270 g/mol. The Bertz CT molecular complexity index is 830. The molecule has 0 aliphatic carbocycles. The van der Waals surface area contributed by atoms with Crippen molar-refractivity contribution in [3.8, 4) is 0 Å². The van der Waals surface area contributed by atoms with Gasteiger partial charge in [0.25, 0.3) is 11.5 Å². The summed E-state index contributed by atoms with van der Waals surface area (Å²) in [6, 6.07) is 9.36. The molecule has 3 rings (SSSR count). The minimum absolute atomic E-state index is 0.138. The van der Waals surface area contributed by atoms with Crippen LogP contribution in [-0.2, 0) is 0 Å². The van der Waals surface area contributed by atoms with E-state index in [1.54, 1.807) is 24.3 Å². The van der Waals surface area contributed by atoms with Gasteiger partial charge in [0, 0.05) is 17.1 Å². The summed E-state index contributed by atoms with van der Waals surface area (Å²) in [5.41, 5.74) is 6.47. The average molecular weight is 270 g/mol. The molecule has 7 heteroatoms. The number of H-pyrrole nitrogens is 1. The zero-order valence-electron chi connectivity index (χ0n) is 10.2. The Morgan fingerprint density at radius 3 is 2.85 bits per heavy atom. The number of nitrogens with one attached hydrogen (secondary N) is 2. The zero-order valence-corrected chi connectivity index (χ0v) is 10.2. The smallest absolute Gasteiger partial charge is 0.292 e. The van der Waals surface area contributed by atoms with Crippen molar-refractivity contribution in [1.29, 1.82) is 0 Å². The van der Waals surface area contributed by atoms with Crippen LogP contribution in [0, 0.1) is 0 Å². The van der Waals surface area contributed by atoms with Crippen molar-refractivity contribution in [3.05, 3.63) is 52.5 Å². The van der Waals surface area contributed by atoms with E-state index in [4.69, 9.17) is 10.2 Å². The molecule has 0 fully saturated rings. The number of nitrogen functional groups attached to an aromatic ring is 1. The highest BCUT2D eigenvalue weighted by Gasteiger charge is 2.13. The molecule has 0 unspecified atom stereocenters. The molecule has 0 aliphatic heterocycles. The molecule has 20 heavy (non-hydrogen) atoms. The molecule has 1 amide bonds. The first-order chi connectivity index (χ1) is 9.61. The largest absolute Gasteiger partial charge is 0.451 e. The fourth-order valence-corrected chi connectivity index (χ4v) is 1.77. The van der Waals surface area contributed by atoms with Crippen LogP contribution in [0.5, 0.6) is 0 Å². The van der Waals surface area contributed by atoms with E-state index in [0.717, 1.165) is 5.39 Å². The number of hydrogen-bond donors (Lipinski definition) is 3. The van der Waals surface area contributed by atoms with E-state index in [1.807, 2.05) is 0 Å². The Morgan fingerprint density at radius 1 is 1.25 bits per heavy atom. The highest BCUT2D eigenvalue weighted by molar-refractivity contribution is 6.04. The number of carbonyl (C=O) groups is 1. The highest BCUT2D eigenvalue weighted by Crippen LogP contribution is 2.22. The van der Waals surface area contributed by atoms with E-state index in [2.05, 4.69) is 15.5 Å². The predicted molar refractivity (Wildman–Crippen MR) is 73.4 cm³/mol. The Hall–Kier alpha value is -3.09. The fraction of sp³-hybridized carbons (Fsp3) is 0. The van der Waals surface area contributed by atoms with Crippen LogP contribution in [0.2, 0.25) is 0 Å². The van der Waals surface area contributed by atoms with Crippen molar-refractivity contribution in [2.45, 2.75) is 0 Å². The lowest BCUT2D eigenvalue weighted by Crippen LogP contribution is -2.15. The summed E-state index contributed by atoms with van der Waals surface area (Å²) in [4.78, 5) is 22.9. The standard InChI is InChI=1S/C13H10N4O3/c14-8-1-2-9-7(5-8)6-10(20-9)13(19)15-11-3-4-12(18)17-16-11/h1-6H,14H2,(H,17,18)(H,15,16,19). The molecule has 1 aromatic carbocycles. The average Bonchev–Trinajstić information content (AvgIpc) is 2.84.